The predicted octanol–water partition coefficient (Wildman–Crippen LogP) is 2.16. The van der Waals surface area contributed by atoms with Crippen molar-refractivity contribution in [3.63, 3.8) is 0 Å². The molecule has 1 unspecified atom stereocenters. The molecule has 136 valence electrons. The molecule has 3 aromatic rings. The Hall–Kier alpha value is -2.62. The number of hydrogen-bond acceptors (Lipinski definition) is 6. The van der Waals surface area contributed by atoms with Gasteiger partial charge in [-0.2, -0.15) is 4.98 Å². The van der Waals surface area contributed by atoms with E-state index in [1.807, 2.05) is 0 Å². The Labute approximate surface area is 149 Å². The van der Waals surface area contributed by atoms with Gasteiger partial charge in [0.1, 0.15) is 5.82 Å². The number of primary sulfonamides is 1. The summed E-state index contributed by atoms with van der Waals surface area (Å²) in [4.78, 5) is 4.25. The molecule has 9 heteroatoms. The number of nitrogens with two attached hydrogens (primary N) is 2. The van der Waals surface area contributed by atoms with Gasteiger partial charge in [-0.25, -0.2) is 17.9 Å². The van der Waals surface area contributed by atoms with Crippen LogP contribution >= 0.6 is 0 Å². The van der Waals surface area contributed by atoms with Crippen molar-refractivity contribution in [1.29, 1.82) is 0 Å². The minimum atomic E-state index is -3.75. The van der Waals surface area contributed by atoms with Crippen LogP contribution in [0.2, 0.25) is 0 Å². The highest BCUT2D eigenvalue weighted by Crippen LogP contribution is 2.21. The fourth-order valence-electron chi connectivity index (χ4n) is 2.48. The lowest BCUT2D eigenvalue weighted by Crippen LogP contribution is -2.13. The topological polar surface area (TPSA) is 125 Å². The zero-order valence-electron chi connectivity index (χ0n) is 13.7. The van der Waals surface area contributed by atoms with Crippen molar-refractivity contribution in [2.75, 3.05) is 0 Å². The Kier molecular flexibility index (Phi) is 5.12. The van der Waals surface area contributed by atoms with Gasteiger partial charge >= 0.3 is 0 Å². The Morgan fingerprint density at radius 2 is 1.81 bits per heavy atom. The summed E-state index contributed by atoms with van der Waals surface area (Å²) in [6.45, 7) is 0. The van der Waals surface area contributed by atoms with Gasteiger partial charge in [0.05, 0.1) is 4.90 Å². The summed E-state index contributed by atoms with van der Waals surface area (Å²) >= 11 is 0. The van der Waals surface area contributed by atoms with Gasteiger partial charge in [-0.15, -0.1) is 0 Å². The van der Waals surface area contributed by atoms with Crippen LogP contribution in [-0.4, -0.2) is 18.6 Å². The summed E-state index contributed by atoms with van der Waals surface area (Å²) < 4.78 is 41.4. The molecular formula is C17H17FN4O3S. The van der Waals surface area contributed by atoms with Crippen LogP contribution in [0.4, 0.5) is 4.39 Å². The molecule has 0 aliphatic rings. The molecule has 7 nitrogen and oxygen atoms in total. The first kappa shape index (κ1) is 18.2. The first-order valence-corrected chi connectivity index (χ1v) is 9.35. The smallest absolute Gasteiger partial charge is 0.238 e. The van der Waals surface area contributed by atoms with Crippen molar-refractivity contribution in [2.24, 2.45) is 10.9 Å². The van der Waals surface area contributed by atoms with Gasteiger partial charge in [0.15, 0.2) is 0 Å². The van der Waals surface area contributed by atoms with Crippen molar-refractivity contribution in [2.45, 2.75) is 23.8 Å². The zero-order valence-corrected chi connectivity index (χ0v) is 14.5. The maximum Gasteiger partial charge on any atom is 0.238 e. The van der Waals surface area contributed by atoms with Gasteiger partial charge in [0, 0.05) is 23.6 Å². The van der Waals surface area contributed by atoms with E-state index >= 15 is 0 Å². The lowest BCUT2D eigenvalue weighted by Gasteiger charge is -2.11. The molecule has 0 saturated heterocycles. The van der Waals surface area contributed by atoms with E-state index in [0.717, 1.165) is 0 Å². The summed E-state index contributed by atoms with van der Waals surface area (Å²) in [5, 5.41) is 8.92. The van der Waals surface area contributed by atoms with Crippen LogP contribution in [0.1, 0.15) is 23.9 Å². The third-order valence-corrected chi connectivity index (χ3v) is 4.81. The monoisotopic (exact) mass is 376 g/mol. The average Bonchev–Trinajstić information content (AvgIpc) is 3.08. The highest BCUT2D eigenvalue weighted by molar-refractivity contribution is 7.89. The molecule has 0 radical (unpaired) electrons. The second kappa shape index (κ2) is 7.32. The fraction of sp³-hybridized carbons (Fsp3) is 0.176. The summed E-state index contributed by atoms with van der Waals surface area (Å²) in [6.07, 6.45) is 0.824. The van der Waals surface area contributed by atoms with Gasteiger partial charge < -0.3 is 10.3 Å². The summed E-state index contributed by atoms with van der Waals surface area (Å²) in [7, 11) is -3.75. The van der Waals surface area contributed by atoms with E-state index in [1.54, 1.807) is 30.3 Å². The van der Waals surface area contributed by atoms with Crippen LogP contribution in [0.3, 0.4) is 0 Å². The molecule has 0 saturated carbocycles. The number of aromatic nitrogens is 2. The number of aryl methyl sites for hydroxylation is 1. The van der Waals surface area contributed by atoms with E-state index in [0.29, 0.717) is 35.7 Å². The Balaban J connectivity index is 1.67. The molecule has 3 rings (SSSR count). The molecule has 1 atom stereocenters. The van der Waals surface area contributed by atoms with E-state index in [4.69, 9.17) is 15.4 Å². The summed E-state index contributed by atoms with van der Waals surface area (Å²) in [6, 6.07) is 11.7. The van der Waals surface area contributed by atoms with Crippen LogP contribution in [-0.2, 0) is 16.4 Å². The molecule has 0 aliphatic carbocycles. The van der Waals surface area contributed by atoms with Crippen LogP contribution in [0.15, 0.2) is 57.9 Å². The molecule has 1 aromatic heterocycles. The first-order chi connectivity index (χ1) is 12.3. The van der Waals surface area contributed by atoms with Crippen molar-refractivity contribution < 1.29 is 17.3 Å². The van der Waals surface area contributed by atoms with Crippen LogP contribution < -0.4 is 10.9 Å². The van der Waals surface area contributed by atoms with Crippen molar-refractivity contribution >= 4 is 10.0 Å². The molecule has 0 spiro atoms. The van der Waals surface area contributed by atoms with E-state index in [9.17, 15) is 12.8 Å². The van der Waals surface area contributed by atoms with Gasteiger partial charge in [-0.3, -0.25) is 0 Å². The normalized spacial score (nSPS) is 12.9. The minimum absolute atomic E-state index is 0.000768. The predicted molar refractivity (Wildman–Crippen MR) is 92.8 cm³/mol. The Morgan fingerprint density at radius 3 is 2.46 bits per heavy atom. The molecule has 0 aliphatic heterocycles. The van der Waals surface area contributed by atoms with Crippen molar-refractivity contribution in [3.05, 3.63) is 65.8 Å². The number of nitrogens with zero attached hydrogens (tertiary/aromatic N) is 2. The second-order valence-electron chi connectivity index (χ2n) is 5.75. The minimum Gasteiger partial charge on any atom is -0.339 e. The second-order valence-corrected chi connectivity index (χ2v) is 7.31. The summed E-state index contributed by atoms with van der Waals surface area (Å²) in [5.74, 6) is 0.337. The molecule has 26 heavy (non-hydrogen) atoms. The fourth-order valence-corrected chi connectivity index (χ4v) is 2.99. The number of halogens is 1. The van der Waals surface area contributed by atoms with Crippen LogP contribution in [0, 0.1) is 5.82 Å². The molecular weight excluding hydrogens is 359 g/mol. The SMILES string of the molecule is NC(CCc1nc(-c2ccc(S(N)(=O)=O)cc2)no1)c1ccccc1F. The molecule has 1 heterocycles. The summed E-state index contributed by atoms with van der Waals surface area (Å²) in [5.41, 5.74) is 7.05. The lowest BCUT2D eigenvalue weighted by molar-refractivity contribution is 0.371. The number of sulfonamides is 1. The maximum absolute atomic E-state index is 13.7. The molecule has 0 bridgehead atoms. The first-order valence-electron chi connectivity index (χ1n) is 7.80. The van der Waals surface area contributed by atoms with E-state index in [-0.39, 0.29) is 10.7 Å². The molecule has 2 aromatic carbocycles. The number of hydrogen-bond donors (Lipinski definition) is 2. The lowest BCUT2D eigenvalue weighted by atomic mass is 10.0. The number of benzene rings is 2. The maximum atomic E-state index is 13.7. The highest BCUT2D eigenvalue weighted by atomic mass is 32.2. The van der Waals surface area contributed by atoms with Gasteiger partial charge in [0.2, 0.25) is 21.7 Å². The van der Waals surface area contributed by atoms with E-state index < -0.39 is 16.1 Å². The van der Waals surface area contributed by atoms with E-state index in [2.05, 4.69) is 10.1 Å². The average molecular weight is 376 g/mol. The Bertz CT molecular complexity index is 1000. The molecule has 0 fully saturated rings. The molecule has 0 amide bonds. The van der Waals surface area contributed by atoms with Gasteiger partial charge in [-0.1, -0.05) is 23.4 Å². The largest absolute Gasteiger partial charge is 0.339 e. The third-order valence-electron chi connectivity index (χ3n) is 3.88. The zero-order chi connectivity index (χ0) is 18.7. The third kappa shape index (κ3) is 4.13. The van der Waals surface area contributed by atoms with Crippen LogP contribution in [0.25, 0.3) is 11.4 Å². The van der Waals surface area contributed by atoms with Gasteiger partial charge in [-0.05, 0) is 36.8 Å². The van der Waals surface area contributed by atoms with Crippen molar-refractivity contribution in [3.8, 4) is 11.4 Å². The van der Waals surface area contributed by atoms with Crippen molar-refractivity contribution in [1.82, 2.24) is 10.1 Å². The molecule has 4 N–H and O–H groups in total. The van der Waals surface area contributed by atoms with Gasteiger partial charge in [0.25, 0.3) is 0 Å². The Morgan fingerprint density at radius 1 is 1.12 bits per heavy atom. The van der Waals surface area contributed by atoms with Crippen LogP contribution in [0.5, 0.6) is 0 Å². The quantitative estimate of drug-likeness (QED) is 0.679. The van der Waals surface area contributed by atoms with E-state index in [1.165, 1.54) is 18.2 Å². The highest BCUT2D eigenvalue weighted by Gasteiger charge is 2.15. The number of rotatable bonds is 6. The standard InChI is InChI=1S/C17H17FN4O3S/c18-14-4-2-1-3-13(14)15(19)9-10-16-21-17(22-25-16)11-5-7-12(8-6-11)26(20,23)24/h1-8,15H,9-10,19H2,(H2,20,23,24).